The van der Waals surface area contributed by atoms with Crippen molar-refractivity contribution < 1.29 is 22.8 Å². The van der Waals surface area contributed by atoms with Crippen molar-refractivity contribution >= 4 is 5.91 Å². The van der Waals surface area contributed by atoms with Gasteiger partial charge in [-0.1, -0.05) is 18.2 Å². The van der Waals surface area contributed by atoms with Gasteiger partial charge in [0.1, 0.15) is 0 Å². The molecular formula is C13H16F3NO2. The lowest BCUT2D eigenvalue weighted by Gasteiger charge is -2.19. The third kappa shape index (κ3) is 5.74. The first kappa shape index (κ1) is 15.5. The van der Waals surface area contributed by atoms with Crippen LogP contribution in [0.15, 0.2) is 24.3 Å². The highest BCUT2D eigenvalue weighted by atomic mass is 19.4. The fraction of sp³-hybridized carbons (Fsp3) is 0.462. The topological polar surface area (TPSA) is 38.3 Å². The number of amides is 1. The van der Waals surface area contributed by atoms with Crippen LogP contribution >= 0.6 is 0 Å². The summed E-state index contributed by atoms with van der Waals surface area (Å²) < 4.78 is 37.5. The quantitative estimate of drug-likeness (QED) is 0.861. The van der Waals surface area contributed by atoms with Gasteiger partial charge in [0.25, 0.3) is 0 Å². The first-order valence-electron chi connectivity index (χ1n) is 5.71. The minimum Gasteiger partial charge on any atom is -0.272 e. The minimum absolute atomic E-state index is 0.167. The summed E-state index contributed by atoms with van der Waals surface area (Å²) in [6.45, 7) is 5.24. The van der Waals surface area contributed by atoms with Crippen molar-refractivity contribution in [1.29, 1.82) is 0 Å². The molecule has 0 saturated carbocycles. The molecule has 0 fully saturated rings. The SMILES string of the molecule is CC(C)(C)ONC(=O)Cc1cccc(C(F)(F)F)c1. The molecule has 0 heterocycles. The predicted molar refractivity (Wildman–Crippen MR) is 64.1 cm³/mol. The predicted octanol–water partition coefficient (Wildman–Crippen LogP) is 3.09. The Balaban J connectivity index is 2.65. The van der Waals surface area contributed by atoms with Gasteiger partial charge in [0.15, 0.2) is 0 Å². The summed E-state index contributed by atoms with van der Waals surface area (Å²) in [5.41, 5.74) is 1.17. The molecule has 0 aromatic heterocycles. The minimum atomic E-state index is -4.41. The van der Waals surface area contributed by atoms with E-state index in [9.17, 15) is 18.0 Å². The number of carbonyl (C=O) groups is 1. The molecule has 1 aromatic carbocycles. The lowest BCUT2D eigenvalue weighted by molar-refractivity contribution is -0.145. The average Bonchev–Trinajstić information content (AvgIpc) is 2.25. The van der Waals surface area contributed by atoms with Crippen molar-refractivity contribution in [3.8, 4) is 0 Å². The highest BCUT2D eigenvalue weighted by Crippen LogP contribution is 2.29. The van der Waals surface area contributed by atoms with Crippen LogP contribution in [0.25, 0.3) is 0 Å². The summed E-state index contributed by atoms with van der Waals surface area (Å²) in [6.07, 6.45) is -4.58. The zero-order valence-electron chi connectivity index (χ0n) is 11.0. The van der Waals surface area contributed by atoms with Gasteiger partial charge in [0.05, 0.1) is 17.6 Å². The molecule has 0 spiro atoms. The number of benzene rings is 1. The molecule has 0 aliphatic rings. The Kier molecular flexibility index (Phi) is 4.57. The Hall–Kier alpha value is -1.56. The van der Waals surface area contributed by atoms with Crippen LogP contribution in [-0.2, 0) is 22.2 Å². The second-order valence-corrected chi connectivity index (χ2v) is 5.11. The maximum atomic E-state index is 12.5. The number of nitrogens with one attached hydrogen (secondary N) is 1. The first-order chi connectivity index (χ1) is 8.58. The highest BCUT2D eigenvalue weighted by molar-refractivity contribution is 5.77. The second-order valence-electron chi connectivity index (χ2n) is 5.11. The Morgan fingerprint density at radius 3 is 2.42 bits per heavy atom. The maximum absolute atomic E-state index is 12.5. The van der Waals surface area contributed by atoms with E-state index in [1.807, 2.05) is 0 Å². The Labute approximate surface area is 109 Å². The maximum Gasteiger partial charge on any atom is 0.416 e. The number of halogens is 3. The van der Waals surface area contributed by atoms with Crippen LogP contribution in [0.4, 0.5) is 13.2 Å². The van der Waals surface area contributed by atoms with Gasteiger partial charge >= 0.3 is 6.18 Å². The molecule has 1 N–H and O–H groups in total. The standard InChI is InChI=1S/C13H16F3NO2/c1-12(2,3)19-17-11(18)8-9-5-4-6-10(7-9)13(14,15)16/h4-7H,8H2,1-3H3,(H,17,18). The van der Waals surface area contributed by atoms with Crippen LogP contribution in [0, 0.1) is 0 Å². The van der Waals surface area contributed by atoms with E-state index in [1.54, 1.807) is 20.8 Å². The number of hydrogen-bond acceptors (Lipinski definition) is 2. The van der Waals surface area contributed by atoms with Crippen molar-refractivity contribution in [2.45, 2.75) is 39.0 Å². The van der Waals surface area contributed by atoms with E-state index < -0.39 is 23.2 Å². The molecule has 0 atom stereocenters. The third-order valence-corrected chi connectivity index (χ3v) is 2.09. The number of carbonyl (C=O) groups excluding carboxylic acids is 1. The summed E-state index contributed by atoms with van der Waals surface area (Å²) in [4.78, 5) is 16.5. The van der Waals surface area contributed by atoms with Gasteiger partial charge in [-0.3, -0.25) is 9.63 Å². The smallest absolute Gasteiger partial charge is 0.272 e. The Bertz CT molecular complexity index is 450. The molecule has 1 amide bonds. The summed E-state index contributed by atoms with van der Waals surface area (Å²) in [6, 6.07) is 4.66. The molecule has 1 aromatic rings. The number of hydrogen-bond donors (Lipinski definition) is 1. The molecule has 0 aliphatic heterocycles. The van der Waals surface area contributed by atoms with Crippen molar-refractivity contribution in [1.82, 2.24) is 5.48 Å². The zero-order chi connectivity index (χ0) is 14.7. The van der Waals surface area contributed by atoms with Crippen molar-refractivity contribution in [2.75, 3.05) is 0 Å². The largest absolute Gasteiger partial charge is 0.416 e. The highest BCUT2D eigenvalue weighted by Gasteiger charge is 2.30. The molecule has 3 nitrogen and oxygen atoms in total. The molecule has 0 saturated heterocycles. The van der Waals surface area contributed by atoms with Crippen LogP contribution in [0.2, 0.25) is 0 Å². The lowest BCUT2D eigenvalue weighted by atomic mass is 10.1. The van der Waals surface area contributed by atoms with Gasteiger partial charge in [-0.05, 0) is 32.4 Å². The van der Waals surface area contributed by atoms with Crippen LogP contribution in [0.5, 0.6) is 0 Å². The molecule has 0 aliphatic carbocycles. The molecule has 1 rings (SSSR count). The van der Waals surface area contributed by atoms with Crippen molar-refractivity contribution in [3.05, 3.63) is 35.4 Å². The zero-order valence-corrected chi connectivity index (χ0v) is 11.0. The van der Waals surface area contributed by atoms with E-state index in [4.69, 9.17) is 4.84 Å². The van der Waals surface area contributed by atoms with Gasteiger partial charge in [0.2, 0.25) is 5.91 Å². The van der Waals surface area contributed by atoms with E-state index in [2.05, 4.69) is 5.48 Å². The average molecular weight is 275 g/mol. The molecule has 0 unspecified atom stereocenters. The molecule has 6 heteroatoms. The van der Waals surface area contributed by atoms with Gasteiger partial charge in [-0.2, -0.15) is 13.2 Å². The van der Waals surface area contributed by atoms with Gasteiger partial charge in [-0.25, -0.2) is 5.48 Å². The van der Waals surface area contributed by atoms with E-state index in [0.717, 1.165) is 12.1 Å². The van der Waals surface area contributed by atoms with Gasteiger partial charge in [0, 0.05) is 0 Å². The Morgan fingerprint density at radius 1 is 1.26 bits per heavy atom. The summed E-state index contributed by atoms with van der Waals surface area (Å²) in [5, 5.41) is 0. The van der Waals surface area contributed by atoms with Gasteiger partial charge < -0.3 is 0 Å². The first-order valence-corrected chi connectivity index (χ1v) is 5.71. The summed E-state index contributed by atoms with van der Waals surface area (Å²) in [5.74, 6) is -0.491. The van der Waals surface area contributed by atoms with Crippen LogP contribution in [0.3, 0.4) is 0 Å². The number of hydroxylamine groups is 1. The van der Waals surface area contributed by atoms with E-state index in [1.165, 1.54) is 12.1 Å². The van der Waals surface area contributed by atoms with Crippen LogP contribution in [-0.4, -0.2) is 11.5 Å². The van der Waals surface area contributed by atoms with Crippen LogP contribution < -0.4 is 5.48 Å². The number of rotatable bonds is 3. The van der Waals surface area contributed by atoms with Crippen molar-refractivity contribution in [2.24, 2.45) is 0 Å². The normalized spacial score (nSPS) is 12.3. The van der Waals surface area contributed by atoms with E-state index in [0.29, 0.717) is 0 Å². The number of alkyl halides is 3. The Morgan fingerprint density at radius 2 is 1.89 bits per heavy atom. The third-order valence-electron chi connectivity index (χ3n) is 2.09. The fourth-order valence-electron chi connectivity index (χ4n) is 1.29. The monoisotopic (exact) mass is 275 g/mol. The molecule has 19 heavy (non-hydrogen) atoms. The summed E-state index contributed by atoms with van der Waals surface area (Å²) >= 11 is 0. The van der Waals surface area contributed by atoms with Crippen LogP contribution in [0.1, 0.15) is 31.9 Å². The fourth-order valence-corrected chi connectivity index (χ4v) is 1.29. The molecular weight excluding hydrogens is 259 g/mol. The van der Waals surface area contributed by atoms with Crippen molar-refractivity contribution in [3.63, 3.8) is 0 Å². The molecule has 0 radical (unpaired) electrons. The van der Waals surface area contributed by atoms with E-state index >= 15 is 0 Å². The lowest BCUT2D eigenvalue weighted by Crippen LogP contribution is -2.34. The molecule has 0 bridgehead atoms. The summed E-state index contributed by atoms with van der Waals surface area (Å²) in [7, 11) is 0. The molecule has 106 valence electrons. The van der Waals surface area contributed by atoms with E-state index in [-0.39, 0.29) is 12.0 Å². The second kappa shape index (κ2) is 5.61. The van der Waals surface area contributed by atoms with Gasteiger partial charge in [-0.15, -0.1) is 0 Å².